The molecular weight excluding hydrogens is 281 g/mol. The van der Waals surface area contributed by atoms with E-state index in [9.17, 15) is 4.79 Å². The van der Waals surface area contributed by atoms with Crippen molar-refractivity contribution in [1.82, 2.24) is 0 Å². The van der Waals surface area contributed by atoms with Gasteiger partial charge in [-0.05, 0) is 41.9 Å². The van der Waals surface area contributed by atoms with Gasteiger partial charge < -0.3 is 10.5 Å². The summed E-state index contributed by atoms with van der Waals surface area (Å²) in [6.45, 7) is 3.54. The summed E-state index contributed by atoms with van der Waals surface area (Å²) in [5, 5.41) is 0.437. The van der Waals surface area contributed by atoms with Gasteiger partial charge in [-0.1, -0.05) is 11.6 Å². The maximum absolute atomic E-state index is 11.6. The fraction of sp³-hybridized carbons (Fsp3) is 0.300. The van der Waals surface area contributed by atoms with E-state index in [4.69, 9.17) is 22.1 Å². The molecular formula is C10H11BrClNO2. The van der Waals surface area contributed by atoms with Gasteiger partial charge >= 0.3 is 5.97 Å². The van der Waals surface area contributed by atoms with Crippen LogP contribution in [0.5, 0.6) is 0 Å². The van der Waals surface area contributed by atoms with Gasteiger partial charge in [-0.15, -0.1) is 0 Å². The smallest absolute Gasteiger partial charge is 0.340 e. The second kappa shape index (κ2) is 4.86. The Morgan fingerprint density at radius 2 is 2.13 bits per heavy atom. The standard InChI is InChI=1S/C10H11BrClNO2/c1-5(2)15-10(14)7-3-6(12)4-8(11)9(7)13/h3-5H,13H2,1-2H3. The van der Waals surface area contributed by atoms with Crippen molar-refractivity contribution in [2.75, 3.05) is 5.73 Å². The molecule has 0 atom stereocenters. The van der Waals surface area contributed by atoms with Crippen LogP contribution in [-0.4, -0.2) is 12.1 Å². The van der Waals surface area contributed by atoms with Gasteiger partial charge in [0.05, 0.1) is 17.4 Å². The fourth-order valence-electron chi connectivity index (χ4n) is 1.03. The molecule has 0 heterocycles. The molecule has 0 bridgehead atoms. The molecule has 0 aliphatic heterocycles. The van der Waals surface area contributed by atoms with E-state index in [1.165, 1.54) is 6.07 Å². The Kier molecular flexibility index (Phi) is 3.99. The third kappa shape index (κ3) is 3.11. The topological polar surface area (TPSA) is 52.3 Å². The van der Waals surface area contributed by atoms with Crippen LogP contribution in [0.4, 0.5) is 5.69 Å². The summed E-state index contributed by atoms with van der Waals surface area (Å²) >= 11 is 9.02. The number of nitrogens with two attached hydrogens (primary N) is 1. The molecule has 0 fully saturated rings. The lowest BCUT2D eigenvalue weighted by molar-refractivity contribution is 0.0379. The van der Waals surface area contributed by atoms with Gasteiger partial charge in [-0.3, -0.25) is 0 Å². The van der Waals surface area contributed by atoms with E-state index in [-0.39, 0.29) is 11.7 Å². The van der Waals surface area contributed by atoms with Crippen LogP contribution in [0.3, 0.4) is 0 Å². The third-order valence-electron chi connectivity index (χ3n) is 1.66. The van der Waals surface area contributed by atoms with Gasteiger partial charge in [0.25, 0.3) is 0 Å². The quantitative estimate of drug-likeness (QED) is 0.672. The number of rotatable bonds is 2. The van der Waals surface area contributed by atoms with Crippen LogP contribution in [0.25, 0.3) is 0 Å². The van der Waals surface area contributed by atoms with Crippen molar-refractivity contribution < 1.29 is 9.53 Å². The molecule has 1 rings (SSSR count). The van der Waals surface area contributed by atoms with Crippen LogP contribution in [0.2, 0.25) is 5.02 Å². The molecule has 0 saturated heterocycles. The van der Waals surface area contributed by atoms with E-state index in [2.05, 4.69) is 15.9 Å². The van der Waals surface area contributed by atoms with Crippen molar-refractivity contribution in [3.05, 3.63) is 27.2 Å². The lowest BCUT2D eigenvalue weighted by atomic mass is 10.2. The molecule has 1 aromatic carbocycles. The SMILES string of the molecule is CC(C)OC(=O)c1cc(Cl)cc(Br)c1N. The van der Waals surface area contributed by atoms with E-state index in [0.29, 0.717) is 15.2 Å². The number of carbonyl (C=O) groups is 1. The van der Waals surface area contributed by atoms with Crippen molar-refractivity contribution in [3.63, 3.8) is 0 Å². The normalized spacial score (nSPS) is 10.5. The van der Waals surface area contributed by atoms with Gasteiger partial charge in [0.1, 0.15) is 0 Å². The van der Waals surface area contributed by atoms with Crippen molar-refractivity contribution in [1.29, 1.82) is 0 Å². The number of carbonyl (C=O) groups excluding carboxylic acids is 1. The van der Waals surface area contributed by atoms with E-state index in [0.717, 1.165) is 0 Å². The van der Waals surface area contributed by atoms with E-state index in [1.807, 2.05) is 0 Å². The van der Waals surface area contributed by atoms with Crippen molar-refractivity contribution in [3.8, 4) is 0 Å². The first-order valence-corrected chi connectivity index (χ1v) is 5.54. The molecule has 0 radical (unpaired) electrons. The van der Waals surface area contributed by atoms with Gasteiger partial charge in [0.15, 0.2) is 0 Å². The maximum atomic E-state index is 11.6. The zero-order chi connectivity index (χ0) is 11.6. The van der Waals surface area contributed by atoms with E-state index in [1.54, 1.807) is 19.9 Å². The number of hydrogen-bond donors (Lipinski definition) is 1. The number of anilines is 1. The van der Waals surface area contributed by atoms with Gasteiger partial charge in [0, 0.05) is 9.50 Å². The molecule has 15 heavy (non-hydrogen) atoms. The number of halogens is 2. The summed E-state index contributed by atoms with van der Waals surface area (Å²) in [5.74, 6) is -0.467. The second-order valence-corrected chi connectivity index (χ2v) is 4.59. The van der Waals surface area contributed by atoms with Gasteiger partial charge in [0.2, 0.25) is 0 Å². The molecule has 0 aliphatic carbocycles. The number of esters is 1. The van der Waals surface area contributed by atoms with Crippen LogP contribution in [-0.2, 0) is 4.74 Å². The average Bonchev–Trinajstić information content (AvgIpc) is 2.09. The Bertz CT molecular complexity index is 393. The Labute approximate surface area is 102 Å². The monoisotopic (exact) mass is 291 g/mol. The van der Waals surface area contributed by atoms with E-state index >= 15 is 0 Å². The minimum Gasteiger partial charge on any atom is -0.459 e. The molecule has 82 valence electrons. The minimum atomic E-state index is -0.467. The number of benzene rings is 1. The molecule has 0 spiro atoms. The molecule has 1 aromatic rings. The Morgan fingerprint density at radius 3 is 2.67 bits per heavy atom. The van der Waals surface area contributed by atoms with E-state index < -0.39 is 5.97 Å². The number of hydrogen-bond acceptors (Lipinski definition) is 3. The van der Waals surface area contributed by atoms with Crippen molar-refractivity contribution in [2.24, 2.45) is 0 Å². The van der Waals surface area contributed by atoms with Gasteiger partial charge in [-0.25, -0.2) is 4.79 Å². The predicted molar refractivity (Wildman–Crippen MR) is 64.1 cm³/mol. The number of ether oxygens (including phenoxy) is 1. The Balaban J connectivity index is 3.08. The summed E-state index contributed by atoms with van der Waals surface area (Å²) in [6.07, 6.45) is -0.186. The molecule has 0 aliphatic rings. The zero-order valence-electron chi connectivity index (χ0n) is 8.38. The first-order chi connectivity index (χ1) is 6.91. The Hall–Kier alpha value is -0.740. The number of nitrogen functional groups attached to an aromatic ring is 1. The van der Waals surface area contributed by atoms with Gasteiger partial charge in [-0.2, -0.15) is 0 Å². The van der Waals surface area contributed by atoms with Crippen LogP contribution in [0, 0.1) is 0 Å². The Morgan fingerprint density at radius 1 is 1.53 bits per heavy atom. The average molecular weight is 293 g/mol. The highest BCUT2D eigenvalue weighted by Gasteiger charge is 2.15. The predicted octanol–water partition coefficient (Wildman–Crippen LogP) is 3.25. The van der Waals surface area contributed by atoms with Crippen LogP contribution < -0.4 is 5.73 Å². The summed E-state index contributed by atoms with van der Waals surface area (Å²) in [6, 6.07) is 3.12. The minimum absolute atomic E-state index is 0.186. The summed E-state index contributed by atoms with van der Waals surface area (Å²) in [4.78, 5) is 11.6. The first kappa shape index (κ1) is 12.3. The highest BCUT2D eigenvalue weighted by Crippen LogP contribution is 2.28. The van der Waals surface area contributed by atoms with Crippen molar-refractivity contribution in [2.45, 2.75) is 20.0 Å². The zero-order valence-corrected chi connectivity index (χ0v) is 10.7. The highest BCUT2D eigenvalue weighted by molar-refractivity contribution is 9.10. The third-order valence-corrected chi connectivity index (χ3v) is 2.53. The largest absolute Gasteiger partial charge is 0.459 e. The molecule has 0 aromatic heterocycles. The summed E-state index contributed by atoms with van der Waals surface area (Å²) in [5.41, 5.74) is 6.34. The summed E-state index contributed by atoms with van der Waals surface area (Å²) in [7, 11) is 0. The second-order valence-electron chi connectivity index (χ2n) is 3.30. The summed E-state index contributed by atoms with van der Waals surface area (Å²) < 4.78 is 5.62. The fourth-order valence-corrected chi connectivity index (χ4v) is 1.84. The lowest BCUT2D eigenvalue weighted by Crippen LogP contribution is -2.13. The molecule has 0 unspecified atom stereocenters. The molecule has 0 saturated carbocycles. The highest BCUT2D eigenvalue weighted by atomic mass is 79.9. The van der Waals surface area contributed by atoms with Crippen LogP contribution >= 0.6 is 27.5 Å². The first-order valence-electron chi connectivity index (χ1n) is 4.37. The maximum Gasteiger partial charge on any atom is 0.340 e. The van der Waals surface area contributed by atoms with Crippen LogP contribution in [0.15, 0.2) is 16.6 Å². The lowest BCUT2D eigenvalue weighted by Gasteiger charge is -2.10. The molecule has 5 heteroatoms. The molecule has 2 N–H and O–H groups in total. The van der Waals surface area contributed by atoms with Crippen molar-refractivity contribution >= 4 is 39.2 Å². The molecule has 3 nitrogen and oxygen atoms in total. The van der Waals surface area contributed by atoms with Crippen LogP contribution in [0.1, 0.15) is 24.2 Å². The molecule has 0 amide bonds.